The van der Waals surface area contributed by atoms with Crippen LogP contribution in [0.1, 0.15) is 233 Å². The van der Waals surface area contributed by atoms with Crippen LogP contribution in [0.2, 0.25) is 0 Å². The molecule has 2 unspecified atom stereocenters. The first-order chi connectivity index (χ1) is 26.4. The molecule has 0 spiro atoms. The van der Waals surface area contributed by atoms with E-state index in [0.717, 1.165) is 19.4 Å². The standard InChI is InChI=1S/C46H93NO6S/c1-4-6-8-10-12-14-16-18-20-22-24-26-28-30-32-34-38-50-41-44(42-52-45(49)47-37-36-40-53-46(3,54)43-48)51-39-35-33-31-29-27-25-23-21-19-17-15-13-11-9-7-5-2/h44,48,54H,4-43H2,1-3H3,(H,47,49). The molecular weight excluding hydrogens is 695 g/mol. The molecule has 0 saturated heterocycles. The van der Waals surface area contributed by atoms with Gasteiger partial charge in [0.15, 0.2) is 0 Å². The predicted molar refractivity (Wildman–Crippen MR) is 234 cm³/mol. The van der Waals surface area contributed by atoms with Crippen LogP contribution in [0.5, 0.6) is 0 Å². The number of hydrogen-bond acceptors (Lipinski definition) is 7. The lowest BCUT2D eigenvalue weighted by molar-refractivity contribution is -0.0469. The number of thiol groups is 1. The number of nitrogens with one attached hydrogen (secondary N) is 1. The van der Waals surface area contributed by atoms with Crippen LogP contribution >= 0.6 is 12.6 Å². The largest absolute Gasteiger partial charge is 0.447 e. The minimum atomic E-state index is -0.871. The van der Waals surface area contributed by atoms with Crippen LogP contribution in [0.3, 0.4) is 0 Å². The molecule has 0 aromatic carbocycles. The van der Waals surface area contributed by atoms with Crippen LogP contribution in [0.25, 0.3) is 0 Å². The lowest BCUT2D eigenvalue weighted by Gasteiger charge is -2.21. The zero-order chi connectivity index (χ0) is 39.5. The van der Waals surface area contributed by atoms with E-state index in [-0.39, 0.29) is 19.3 Å². The number of hydrogen-bond donors (Lipinski definition) is 3. The number of unbranched alkanes of at least 4 members (excludes halogenated alkanes) is 30. The molecular formula is C46H93NO6S. The third-order valence-electron chi connectivity index (χ3n) is 10.5. The summed E-state index contributed by atoms with van der Waals surface area (Å²) in [5.41, 5.74) is 0. The van der Waals surface area contributed by atoms with Crippen molar-refractivity contribution in [3.05, 3.63) is 0 Å². The van der Waals surface area contributed by atoms with E-state index in [0.29, 0.717) is 32.8 Å². The molecule has 54 heavy (non-hydrogen) atoms. The van der Waals surface area contributed by atoms with E-state index >= 15 is 0 Å². The molecule has 0 fully saturated rings. The van der Waals surface area contributed by atoms with E-state index in [4.69, 9.17) is 18.9 Å². The number of amides is 1. The van der Waals surface area contributed by atoms with Gasteiger partial charge in [-0.25, -0.2) is 4.79 Å². The highest BCUT2D eigenvalue weighted by atomic mass is 32.1. The van der Waals surface area contributed by atoms with Crippen molar-refractivity contribution in [2.24, 2.45) is 0 Å². The van der Waals surface area contributed by atoms with Crippen molar-refractivity contribution in [1.29, 1.82) is 0 Å². The minimum absolute atomic E-state index is 0.173. The Morgan fingerprint density at radius 3 is 1.30 bits per heavy atom. The van der Waals surface area contributed by atoms with Crippen LogP contribution in [0, 0.1) is 0 Å². The Balaban J connectivity index is 4.04. The zero-order valence-corrected chi connectivity index (χ0v) is 37.2. The fourth-order valence-electron chi connectivity index (χ4n) is 6.83. The summed E-state index contributed by atoms with van der Waals surface area (Å²) < 4.78 is 23.1. The van der Waals surface area contributed by atoms with Crippen LogP contribution < -0.4 is 5.32 Å². The summed E-state index contributed by atoms with van der Waals surface area (Å²) in [6.07, 6.45) is 43.2. The van der Waals surface area contributed by atoms with Gasteiger partial charge >= 0.3 is 6.09 Å². The molecule has 0 aromatic heterocycles. The van der Waals surface area contributed by atoms with Crippen LogP contribution in [0.15, 0.2) is 0 Å². The summed E-state index contributed by atoms with van der Waals surface area (Å²) >= 11 is 4.25. The molecule has 0 aromatic rings. The highest BCUT2D eigenvalue weighted by Crippen LogP contribution is 2.16. The van der Waals surface area contributed by atoms with Gasteiger partial charge in [-0.05, 0) is 26.2 Å². The maximum Gasteiger partial charge on any atom is 0.407 e. The molecule has 0 aliphatic rings. The highest BCUT2D eigenvalue weighted by molar-refractivity contribution is 7.81. The smallest absolute Gasteiger partial charge is 0.407 e. The molecule has 0 saturated carbocycles. The van der Waals surface area contributed by atoms with Gasteiger partial charge in [0.1, 0.15) is 17.6 Å². The molecule has 8 heteroatoms. The Hall–Kier alpha value is -0.540. The minimum Gasteiger partial charge on any atom is -0.447 e. The zero-order valence-electron chi connectivity index (χ0n) is 36.3. The van der Waals surface area contributed by atoms with Crippen LogP contribution in [0.4, 0.5) is 4.79 Å². The Kier molecular flexibility index (Phi) is 43.1. The summed E-state index contributed by atoms with van der Waals surface area (Å²) in [4.78, 5) is 11.4. The second kappa shape index (κ2) is 43.6. The number of aliphatic hydroxyl groups excluding tert-OH is 1. The summed E-state index contributed by atoms with van der Waals surface area (Å²) in [5.74, 6) is 0. The summed E-state index contributed by atoms with van der Waals surface area (Å²) in [6, 6.07) is 0. The van der Waals surface area contributed by atoms with Crippen molar-refractivity contribution < 1.29 is 28.8 Å². The predicted octanol–water partition coefficient (Wildman–Crippen LogP) is 13.7. The lowest BCUT2D eigenvalue weighted by atomic mass is 10.0. The van der Waals surface area contributed by atoms with E-state index in [9.17, 15) is 9.90 Å². The number of ether oxygens (including phenoxy) is 4. The molecule has 0 aliphatic carbocycles. The Labute approximate surface area is 341 Å². The molecule has 0 radical (unpaired) electrons. The van der Waals surface area contributed by atoms with Crippen molar-refractivity contribution in [2.75, 3.05) is 46.2 Å². The molecule has 0 aliphatic heterocycles. The van der Waals surface area contributed by atoms with E-state index in [1.807, 2.05) is 0 Å². The normalized spacial score (nSPS) is 13.3. The third kappa shape index (κ3) is 42.6. The van der Waals surface area contributed by atoms with Gasteiger partial charge in [0.2, 0.25) is 0 Å². The maximum absolute atomic E-state index is 12.3. The Morgan fingerprint density at radius 1 is 0.537 bits per heavy atom. The molecule has 7 nitrogen and oxygen atoms in total. The second-order valence-electron chi connectivity index (χ2n) is 16.2. The van der Waals surface area contributed by atoms with E-state index < -0.39 is 11.0 Å². The fourth-order valence-corrected chi connectivity index (χ4v) is 6.92. The van der Waals surface area contributed by atoms with Crippen LogP contribution in [-0.4, -0.2) is 68.4 Å². The van der Waals surface area contributed by atoms with Gasteiger partial charge in [-0.3, -0.25) is 0 Å². The van der Waals surface area contributed by atoms with E-state index in [1.54, 1.807) is 6.92 Å². The monoisotopic (exact) mass is 788 g/mol. The molecule has 1 amide bonds. The highest BCUT2D eigenvalue weighted by Gasteiger charge is 2.17. The SMILES string of the molecule is CCCCCCCCCCCCCCCCCCOCC(COC(=O)NCCCOC(C)(S)CO)OCCCCCCCCCCCCCCCCCC. The van der Waals surface area contributed by atoms with Gasteiger partial charge in [0, 0.05) is 19.8 Å². The van der Waals surface area contributed by atoms with Gasteiger partial charge in [0.05, 0.1) is 19.8 Å². The fraction of sp³-hybridized carbons (Fsp3) is 0.978. The van der Waals surface area contributed by atoms with Gasteiger partial charge < -0.3 is 29.4 Å². The molecule has 2 N–H and O–H groups in total. The summed E-state index contributed by atoms with van der Waals surface area (Å²) in [7, 11) is 0. The van der Waals surface area contributed by atoms with Crippen molar-refractivity contribution in [3.8, 4) is 0 Å². The number of rotatable bonds is 45. The quantitative estimate of drug-likeness (QED) is 0.0324. The van der Waals surface area contributed by atoms with E-state index in [2.05, 4.69) is 31.8 Å². The van der Waals surface area contributed by atoms with Crippen molar-refractivity contribution in [3.63, 3.8) is 0 Å². The second-order valence-corrected chi connectivity index (χ2v) is 17.2. The van der Waals surface area contributed by atoms with Gasteiger partial charge in [-0.1, -0.05) is 206 Å². The Morgan fingerprint density at radius 2 is 0.907 bits per heavy atom. The first-order valence-electron chi connectivity index (χ1n) is 23.5. The number of carbonyl (C=O) groups excluding carboxylic acids is 1. The topological polar surface area (TPSA) is 86.3 Å². The molecule has 0 rings (SSSR count). The van der Waals surface area contributed by atoms with Gasteiger partial charge in [-0.15, -0.1) is 12.6 Å². The number of carbonyl (C=O) groups is 1. The lowest BCUT2D eigenvalue weighted by Crippen LogP contribution is -2.33. The molecule has 0 heterocycles. The Bertz CT molecular complexity index is 742. The van der Waals surface area contributed by atoms with Gasteiger partial charge in [-0.2, -0.15) is 0 Å². The summed E-state index contributed by atoms with van der Waals surface area (Å²) in [6.45, 7) is 8.94. The molecule has 324 valence electrons. The average Bonchev–Trinajstić information content (AvgIpc) is 3.17. The summed E-state index contributed by atoms with van der Waals surface area (Å²) in [5, 5.41) is 12.0. The number of aliphatic hydroxyl groups is 1. The van der Waals surface area contributed by atoms with Crippen molar-refractivity contribution in [2.45, 2.75) is 244 Å². The molecule has 0 bridgehead atoms. The first kappa shape index (κ1) is 53.5. The average molecular weight is 788 g/mol. The molecule has 2 atom stereocenters. The first-order valence-corrected chi connectivity index (χ1v) is 24.0. The number of alkyl carbamates (subject to hydrolysis) is 1. The van der Waals surface area contributed by atoms with Crippen molar-refractivity contribution >= 4 is 18.7 Å². The van der Waals surface area contributed by atoms with Crippen molar-refractivity contribution in [1.82, 2.24) is 5.32 Å². The van der Waals surface area contributed by atoms with Crippen LogP contribution in [-0.2, 0) is 18.9 Å². The van der Waals surface area contributed by atoms with E-state index in [1.165, 1.54) is 193 Å². The maximum atomic E-state index is 12.3. The third-order valence-corrected chi connectivity index (χ3v) is 10.8. The van der Waals surface area contributed by atoms with Gasteiger partial charge in [0.25, 0.3) is 0 Å².